The van der Waals surface area contributed by atoms with Crippen LogP contribution in [0.2, 0.25) is 40.2 Å². The van der Waals surface area contributed by atoms with Gasteiger partial charge in [0.2, 0.25) is 0 Å². The van der Waals surface area contributed by atoms with Crippen LogP contribution in [-0.2, 0) is 25.7 Å². The molecule has 4 amide bonds. The molecule has 0 fully saturated rings. The maximum absolute atomic E-state index is 14.4. The van der Waals surface area contributed by atoms with Crippen LogP contribution in [0.1, 0.15) is 148 Å². The molecule has 0 saturated carbocycles. The van der Waals surface area contributed by atoms with E-state index in [1.807, 2.05) is 229 Å². The number of amides is 4. The first kappa shape index (κ1) is 88.9. The molecule has 0 heterocycles. The molecule has 0 saturated heterocycles. The fraction of sp³-hybridized carbons (Fsp3) is 0.155. The first-order valence-electron chi connectivity index (χ1n) is 37.3. The van der Waals surface area contributed by atoms with Crippen LogP contribution in [0.3, 0.4) is 0 Å². The van der Waals surface area contributed by atoms with E-state index in [-0.39, 0.29) is 41.7 Å². The van der Waals surface area contributed by atoms with Crippen LogP contribution in [0.15, 0.2) is 285 Å². The van der Waals surface area contributed by atoms with E-state index in [2.05, 4.69) is 35.9 Å². The Bertz CT molecular complexity index is 5460. The number of nitrogens with zero attached hydrogens (tertiary/aromatic N) is 1. The molecule has 12 aromatic rings. The Morgan fingerprint density at radius 2 is 0.774 bits per heavy atom. The molecule has 12 aromatic carbocycles. The van der Waals surface area contributed by atoms with Crippen LogP contribution < -0.4 is 20.9 Å². The molecule has 115 heavy (non-hydrogen) atoms. The number of carbonyl (C=O) groups excluding carboxylic acids is 4. The van der Waals surface area contributed by atoms with E-state index in [0.717, 1.165) is 92.9 Å². The zero-order valence-electron chi connectivity index (χ0n) is 64.5. The van der Waals surface area contributed by atoms with Gasteiger partial charge in [-0.1, -0.05) is 258 Å². The van der Waals surface area contributed by atoms with Gasteiger partial charge in [-0.15, -0.1) is 0 Å². The van der Waals surface area contributed by atoms with E-state index in [1.54, 1.807) is 71.6 Å². The number of carbonyl (C=O) groups is 4. The number of rotatable bonds is 23. The Balaban J connectivity index is 0.000000175. The highest BCUT2D eigenvalue weighted by Gasteiger charge is 2.19. The number of nitrogens with one attached hydrogen (secondary N) is 3. The standard InChI is InChI=1S/C25H22Cl2FNO.C25H23Cl2NO.C24H23Cl2NO.C23H18Cl2FNO/c1-3-29(24-7-5-4-6-17(24)2)25(30)20-11-8-18(9-12-20)14-21(28)15-19-10-13-22(26)23(27)16-19;1-3-19(21-14-15-22(26)23(27)16-21)11-8-18-9-12-20(13-10-18)25(29)28-24-7-5-4-6-17(24)2;1-16(20-13-14-21(25)22(26)15-20)7-8-18-9-11-19(12-10-18)24(28)27-23-6-4-3-5-17(23)2;1-15-4-2-3-5-22(15)27-23(28)17-9-6-16(7-10-17)8-13-21(26)18-11-12-19(24)20(25)14-18/h4-13,15-16H,3,14H2,1-2H3;4-7,9-16H,3,8H2,1-2H3,(H,28,29);3-6,9-16H,7-8H2,1-2H3,(H,27,28);2-7,9-14H,8H2,1H3,(H,27,28)/b21-15-;19-11+;;21-13-. The fourth-order valence-electron chi connectivity index (χ4n) is 12.1. The quantitative estimate of drug-likeness (QED) is 0.0593. The van der Waals surface area contributed by atoms with Crippen LogP contribution in [0, 0.1) is 27.7 Å². The van der Waals surface area contributed by atoms with E-state index in [0.29, 0.717) is 92.4 Å². The Morgan fingerprint density at radius 3 is 1.22 bits per heavy atom. The lowest BCUT2D eigenvalue weighted by Gasteiger charge is -2.23. The van der Waals surface area contributed by atoms with Crippen LogP contribution in [-0.4, -0.2) is 30.2 Å². The number of halogens is 10. The zero-order valence-corrected chi connectivity index (χ0v) is 70.6. The van der Waals surface area contributed by atoms with Gasteiger partial charge in [0.15, 0.2) is 0 Å². The van der Waals surface area contributed by atoms with Crippen LogP contribution in [0.25, 0.3) is 17.5 Å². The number of para-hydroxylation sites is 4. The lowest BCUT2D eigenvalue weighted by Crippen LogP contribution is -2.31. The predicted octanol–water partition coefficient (Wildman–Crippen LogP) is 29.5. The molecular weight excluding hydrogens is 1610 g/mol. The number of benzene rings is 12. The van der Waals surface area contributed by atoms with Gasteiger partial charge < -0.3 is 20.9 Å². The highest BCUT2D eigenvalue weighted by molar-refractivity contribution is 6.43. The van der Waals surface area contributed by atoms with Crippen molar-refractivity contribution in [3.63, 3.8) is 0 Å². The van der Waals surface area contributed by atoms with Crippen molar-refractivity contribution in [2.24, 2.45) is 0 Å². The van der Waals surface area contributed by atoms with Gasteiger partial charge in [0, 0.05) is 63.5 Å². The largest absolute Gasteiger partial charge is 0.322 e. The third-order valence-electron chi connectivity index (χ3n) is 19.0. The van der Waals surface area contributed by atoms with Crippen molar-refractivity contribution < 1.29 is 28.0 Å². The summed E-state index contributed by atoms with van der Waals surface area (Å²) in [7, 11) is 0. The Morgan fingerprint density at radius 1 is 0.391 bits per heavy atom. The molecule has 0 aliphatic heterocycles. The van der Waals surface area contributed by atoms with Crippen molar-refractivity contribution in [2.45, 2.75) is 92.9 Å². The summed E-state index contributed by atoms with van der Waals surface area (Å²) in [4.78, 5) is 52.0. The Hall–Kier alpha value is -10.1. The highest BCUT2D eigenvalue weighted by Crippen LogP contribution is 2.33. The van der Waals surface area contributed by atoms with Crippen LogP contribution >= 0.6 is 92.8 Å². The summed E-state index contributed by atoms with van der Waals surface area (Å²) in [5.41, 5.74) is 18.4. The summed E-state index contributed by atoms with van der Waals surface area (Å²) in [6, 6.07) is 81.7. The summed E-state index contributed by atoms with van der Waals surface area (Å²) in [5, 5.41) is 12.6. The summed E-state index contributed by atoms with van der Waals surface area (Å²) in [5.74, 6) is -0.763. The molecule has 3 N–H and O–H groups in total. The van der Waals surface area contributed by atoms with Gasteiger partial charge in [-0.05, 0) is 273 Å². The van der Waals surface area contributed by atoms with Gasteiger partial charge in [0.25, 0.3) is 23.6 Å². The second-order valence-electron chi connectivity index (χ2n) is 27.3. The molecule has 18 heteroatoms. The van der Waals surface area contributed by atoms with Gasteiger partial charge in [-0.25, -0.2) is 8.78 Å². The first-order valence-corrected chi connectivity index (χ1v) is 40.3. The molecule has 1 atom stereocenters. The van der Waals surface area contributed by atoms with E-state index in [9.17, 15) is 28.0 Å². The summed E-state index contributed by atoms with van der Waals surface area (Å²) >= 11 is 47.9. The molecule has 0 spiro atoms. The molecule has 0 aliphatic rings. The minimum Gasteiger partial charge on any atom is -0.322 e. The molecule has 1 unspecified atom stereocenters. The fourth-order valence-corrected chi connectivity index (χ4v) is 13.3. The Kier molecular flexibility index (Phi) is 34.1. The van der Waals surface area contributed by atoms with Crippen LogP contribution in [0.5, 0.6) is 0 Å². The lowest BCUT2D eigenvalue weighted by atomic mass is 9.94. The highest BCUT2D eigenvalue weighted by atomic mass is 35.5. The minimum atomic E-state index is -0.375. The molecule has 0 bridgehead atoms. The maximum atomic E-state index is 14.4. The van der Waals surface area contributed by atoms with Gasteiger partial charge in [-0.3, -0.25) is 19.2 Å². The Labute approximate surface area is 713 Å². The van der Waals surface area contributed by atoms with Crippen molar-refractivity contribution in [2.75, 3.05) is 27.4 Å². The molecule has 0 radical (unpaired) electrons. The van der Waals surface area contributed by atoms with Crippen molar-refractivity contribution >= 4 is 157 Å². The SMILES string of the molecule is CC/C(=C\Cc1ccc(C(=O)Nc2ccccc2C)cc1)c1ccc(Cl)c(Cl)c1.CCN(C(=O)c1ccc(C/C(F)=C/c2ccc(Cl)c(Cl)c2)cc1)c1ccccc1C.Cc1ccccc1NC(=O)c1ccc(C/C=C(\F)c2ccc(Cl)c(Cl)c2)cc1.Cc1ccccc1NC(=O)c1ccc(CCC(C)c2ccc(Cl)c(Cl)c2)cc1. The van der Waals surface area contributed by atoms with E-state index < -0.39 is 0 Å². The first-order chi connectivity index (χ1) is 55.2. The van der Waals surface area contributed by atoms with Crippen LogP contribution in [0.4, 0.5) is 31.5 Å². The van der Waals surface area contributed by atoms with Gasteiger partial charge in [0.1, 0.15) is 11.7 Å². The smallest absolute Gasteiger partial charge is 0.258 e. The minimum absolute atomic E-state index is 0.0785. The monoisotopic (exact) mass is 1690 g/mol. The van der Waals surface area contributed by atoms with Crippen molar-refractivity contribution in [1.82, 2.24) is 0 Å². The molecule has 0 aliphatic carbocycles. The molecule has 8 nitrogen and oxygen atoms in total. The zero-order chi connectivity index (χ0) is 82.7. The van der Waals surface area contributed by atoms with Crippen molar-refractivity contribution in [3.05, 3.63) is 414 Å². The van der Waals surface area contributed by atoms with Gasteiger partial charge in [0.05, 0.1) is 40.2 Å². The number of allylic oxidation sites excluding steroid dienone is 4. The van der Waals surface area contributed by atoms with Gasteiger partial charge >= 0.3 is 0 Å². The third-order valence-corrected chi connectivity index (χ3v) is 21.9. The van der Waals surface area contributed by atoms with Crippen molar-refractivity contribution in [3.8, 4) is 0 Å². The molecule has 0 aromatic heterocycles. The second kappa shape index (κ2) is 44.1. The average Bonchev–Trinajstić information content (AvgIpc) is 0.803. The van der Waals surface area contributed by atoms with E-state index in [4.69, 9.17) is 92.8 Å². The maximum Gasteiger partial charge on any atom is 0.258 e. The average molecular weight is 1690 g/mol. The molecule has 588 valence electrons. The molecule has 12 rings (SSSR count). The topological polar surface area (TPSA) is 108 Å². The number of hydrogen-bond donors (Lipinski definition) is 3. The predicted molar refractivity (Wildman–Crippen MR) is 482 cm³/mol. The number of hydrogen-bond acceptors (Lipinski definition) is 4. The second-order valence-corrected chi connectivity index (χ2v) is 30.5. The normalized spacial score (nSPS) is 11.5. The summed E-state index contributed by atoms with van der Waals surface area (Å²) in [6.07, 6.45) is 9.23. The number of anilines is 4. The van der Waals surface area contributed by atoms with Crippen molar-refractivity contribution in [1.29, 1.82) is 0 Å². The van der Waals surface area contributed by atoms with Gasteiger partial charge in [-0.2, -0.15) is 0 Å². The summed E-state index contributed by atoms with van der Waals surface area (Å²) in [6.45, 7) is 14.7. The molecular formula is C97H86Cl8F2N4O4. The number of aryl methyl sites for hydroxylation is 5. The lowest BCUT2D eigenvalue weighted by molar-refractivity contribution is 0.0984. The van der Waals surface area contributed by atoms with E-state index in [1.165, 1.54) is 34.9 Å². The third kappa shape index (κ3) is 26.7. The van der Waals surface area contributed by atoms with E-state index >= 15 is 0 Å². The summed E-state index contributed by atoms with van der Waals surface area (Å²) < 4.78 is 28.7.